The second kappa shape index (κ2) is 7.08. The van der Waals surface area contributed by atoms with Gasteiger partial charge in [-0.15, -0.1) is 0 Å². The molecule has 27 heavy (non-hydrogen) atoms. The third kappa shape index (κ3) is 2.99. The van der Waals surface area contributed by atoms with E-state index in [1.54, 1.807) is 24.1 Å². The van der Waals surface area contributed by atoms with Crippen LogP contribution in [0.4, 0.5) is 10.5 Å². The van der Waals surface area contributed by atoms with Gasteiger partial charge in [0.15, 0.2) is 0 Å². The molecule has 0 bridgehead atoms. The lowest BCUT2D eigenvalue weighted by molar-refractivity contribution is -0.122. The quantitative estimate of drug-likeness (QED) is 0.687. The van der Waals surface area contributed by atoms with Gasteiger partial charge in [-0.1, -0.05) is 78.9 Å². The van der Waals surface area contributed by atoms with Crippen molar-refractivity contribution in [3.63, 3.8) is 0 Å². The van der Waals surface area contributed by atoms with Crippen molar-refractivity contribution in [2.45, 2.75) is 12.0 Å². The van der Waals surface area contributed by atoms with Crippen molar-refractivity contribution in [1.82, 2.24) is 4.90 Å². The summed E-state index contributed by atoms with van der Waals surface area (Å²) in [5.74, 6) is -0.680. The Morgan fingerprint density at radius 3 is 1.70 bits per heavy atom. The van der Waals surface area contributed by atoms with E-state index in [0.29, 0.717) is 5.69 Å². The second-order valence-corrected chi connectivity index (χ2v) is 6.65. The van der Waals surface area contributed by atoms with Crippen molar-refractivity contribution in [3.05, 3.63) is 102 Å². The third-order valence-electron chi connectivity index (χ3n) is 5.03. The van der Waals surface area contributed by atoms with Crippen LogP contribution in [-0.2, 0) is 4.79 Å². The summed E-state index contributed by atoms with van der Waals surface area (Å²) in [5, 5.41) is 0. The number of urea groups is 1. The Kier molecular flexibility index (Phi) is 4.47. The van der Waals surface area contributed by atoms with E-state index < -0.39 is 5.92 Å². The van der Waals surface area contributed by atoms with E-state index >= 15 is 0 Å². The molecule has 3 aromatic rings. The molecule has 1 fully saturated rings. The molecule has 3 amide bonds. The van der Waals surface area contributed by atoms with Gasteiger partial charge < -0.3 is 4.90 Å². The highest BCUT2D eigenvalue weighted by molar-refractivity contribution is 6.18. The number of para-hydroxylation sites is 1. The Morgan fingerprint density at radius 2 is 1.15 bits per heavy atom. The van der Waals surface area contributed by atoms with Crippen LogP contribution in [0.1, 0.15) is 23.1 Å². The van der Waals surface area contributed by atoms with Gasteiger partial charge in [0.05, 0.1) is 17.6 Å². The highest BCUT2D eigenvalue weighted by Gasteiger charge is 2.46. The molecule has 1 saturated heterocycles. The van der Waals surface area contributed by atoms with Crippen LogP contribution >= 0.6 is 0 Å². The number of rotatable bonds is 3. The molecule has 134 valence electrons. The molecule has 1 heterocycles. The standard InChI is InChI=1S/C23H20N2O2/c1-24-21(18-13-7-3-8-14-18)20(17-11-5-2-6-12-17)22(26)25(23(24)27)19-15-9-4-10-16-19/h2-16,20-21H,1H3/t20-,21+/m0/s1. The van der Waals surface area contributed by atoms with Gasteiger partial charge in [-0.2, -0.15) is 0 Å². The average Bonchev–Trinajstić information content (AvgIpc) is 2.73. The lowest BCUT2D eigenvalue weighted by Crippen LogP contribution is -2.56. The summed E-state index contributed by atoms with van der Waals surface area (Å²) in [6.45, 7) is 0. The lowest BCUT2D eigenvalue weighted by atomic mass is 9.83. The molecule has 0 N–H and O–H groups in total. The van der Waals surface area contributed by atoms with Gasteiger partial charge >= 0.3 is 6.03 Å². The van der Waals surface area contributed by atoms with E-state index in [1.165, 1.54) is 4.90 Å². The van der Waals surface area contributed by atoms with Crippen molar-refractivity contribution < 1.29 is 9.59 Å². The summed E-state index contributed by atoms with van der Waals surface area (Å²) >= 11 is 0. The summed E-state index contributed by atoms with van der Waals surface area (Å²) < 4.78 is 0. The van der Waals surface area contributed by atoms with Crippen molar-refractivity contribution in [2.75, 3.05) is 11.9 Å². The van der Waals surface area contributed by atoms with Crippen LogP contribution in [-0.4, -0.2) is 23.9 Å². The zero-order chi connectivity index (χ0) is 18.8. The highest BCUT2D eigenvalue weighted by atomic mass is 16.2. The summed E-state index contributed by atoms with van der Waals surface area (Å²) in [6, 6.07) is 27.9. The number of benzene rings is 3. The van der Waals surface area contributed by atoms with E-state index in [-0.39, 0.29) is 18.0 Å². The van der Waals surface area contributed by atoms with E-state index in [1.807, 2.05) is 78.9 Å². The molecule has 3 aromatic carbocycles. The minimum atomic E-state index is -0.475. The first-order chi connectivity index (χ1) is 13.2. The molecule has 0 unspecified atom stereocenters. The third-order valence-corrected chi connectivity index (χ3v) is 5.03. The van der Waals surface area contributed by atoms with Crippen LogP contribution in [0, 0.1) is 0 Å². The number of hydrogen-bond acceptors (Lipinski definition) is 2. The van der Waals surface area contributed by atoms with Crippen LogP contribution in [0.2, 0.25) is 0 Å². The molecule has 1 aliphatic heterocycles. The van der Waals surface area contributed by atoms with Gasteiger partial charge in [-0.25, -0.2) is 9.69 Å². The molecule has 4 rings (SSSR count). The van der Waals surface area contributed by atoms with Crippen molar-refractivity contribution in [3.8, 4) is 0 Å². The Balaban J connectivity index is 1.86. The first-order valence-corrected chi connectivity index (χ1v) is 8.94. The van der Waals surface area contributed by atoms with Crippen molar-refractivity contribution >= 4 is 17.6 Å². The first-order valence-electron chi connectivity index (χ1n) is 8.94. The topological polar surface area (TPSA) is 40.6 Å². The number of hydrogen-bond donors (Lipinski definition) is 0. The van der Waals surface area contributed by atoms with Crippen LogP contribution < -0.4 is 4.90 Å². The smallest absolute Gasteiger partial charge is 0.319 e. The normalized spacial score (nSPS) is 20.0. The van der Waals surface area contributed by atoms with Gasteiger partial charge in [0.25, 0.3) is 0 Å². The average molecular weight is 356 g/mol. The fourth-order valence-electron chi connectivity index (χ4n) is 3.73. The Hall–Kier alpha value is -3.40. The van der Waals surface area contributed by atoms with Crippen LogP contribution in [0.15, 0.2) is 91.0 Å². The van der Waals surface area contributed by atoms with Crippen LogP contribution in [0.5, 0.6) is 0 Å². The van der Waals surface area contributed by atoms with Gasteiger partial charge in [0.1, 0.15) is 0 Å². The molecule has 0 aliphatic carbocycles. The molecule has 0 radical (unpaired) electrons. The predicted molar refractivity (Wildman–Crippen MR) is 105 cm³/mol. The fraction of sp³-hybridized carbons (Fsp3) is 0.130. The largest absolute Gasteiger partial charge is 0.331 e. The molecular formula is C23H20N2O2. The van der Waals surface area contributed by atoms with Crippen LogP contribution in [0.25, 0.3) is 0 Å². The SMILES string of the molecule is CN1C(=O)N(c2ccccc2)C(=O)[C@@H](c2ccccc2)[C@H]1c1ccccc1. The molecule has 0 aromatic heterocycles. The number of likely N-dealkylation sites (N-methyl/N-ethyl adjacent to an activating group) is 1. The minimum Gasteiger partial charge on any atom is -0.319 e. The molecule has 0 spiro atoms. The number of carbonyl (C=O) groups excluding carboxylic acids is 2. The number of anilines is 1. The maximum absolute atomic E-state index is 13.5. The fourth-order valence-corrected chi connectivity index (χ4v) is 3.73. The Bertz CT molecular complexity index is 942. The summed E-state index contributed by atoms with van der Waals surface area (Å²) in [7, 11) is 1.76. The maximum Gasteiger partial charge on any atom is 0.331 e. The molecule has 4 heteroatoms. The van der Waals surface area contributed by atoms with Crippen molar-refractivity contribution in [1.29, 1.82) is 0 Å². The minimum absolute atomic E-state index is 0.204. The number of nitrogens with zero attached hydrogens (tertiary/aromatic N) is 2. The lowest BCUT2D eigenvalue weighted by Gasteiger charge is -2.43. The van der Waals surface area contributed by atoms with Crippen molar-refractivity contribution in [2.24, 2.45) is 0 Å². The number of imide groups is 1. The van der Waals surface area contributed by atoms with Gasteiger partial charge in [0, 0.05) is 7.05 Å². The van der Waals surface area contributed by atoms with E-state index in [9.17, 15) is 9.59 Å². The molecule has 4 nitrogen and oxygen atoms in total. The Morgan fingerprint density at radius 1 is 0.667 bits per heavy atom. The number of carbonyl (C=O) groups is 2. The number of amides is 3. The summed E-state index contributed by atoms with van der Waals surface area (Å²) in [6.07, 6.45) is 0. The molecule has 2 atom stereocenters. The van der Waals surface area contributed by atoms with Gasteiger partial charge in [0.2, 0.25) is 5.91 Å². The zero-order valence-electron chi connectivity index (χ0n) is 15.0. The van der Waals surface area contributed by atoms with E-state index in [4.69, 9.17) is 0 Å². The first kappa shape index (κ1) is 17.0. The highest BCUT2D eigenvalue weighted by Crippen LogP contribution is 2.41. The summed E-state index contributed by atoms with van der Waals surface area (Å²) in [4.78, 5) is 29.6. The monoisotopic (exact) mass is 356 g/mol. The maximum atomic E-state index is 13.5. The molecular weight excluding hydrogens is 336 g/mol. The second-order valence-electron chi connectivity index (χ2n) is 6.65. The molecule has 1 aliphatic rings. The van der Waals surface area contributed by atoms with Gasteiger partial charge in [-0.3, -0.25) is 4.79 Å². The van der Waals surface area contributed by atoms with E-state index in [0.717, 1.165) is 11.1 Å². The zero-order valence-corrected chi connectivity index (χ0v) is 15.0. The predicted octanol–water partition coefficient (Wildman–Crippen LogP) is 4.61. The van der Waals surface area contributed by atoms with Gasteiger partial charge in [-0.05, 0) is 23.3 Å². The van der Waals surface area contributed by atoms with E-state index in [2.05, 4.69) is 0 Å². The summed E-state index contributed by atoms with van der Waals surface area (Å²) in [5.41, 5.74) is 2.44. The molecule has 0 saturated carbocycles. The Labute approximate surface area is 158 Å². The van der Waals surface area contributed by atoms with Crippen LogP contribution in [0.3, 0.4) is 0 Å².